The van der Waals surface area contributed by atoms with Gasteiger partial charge in [0.1, 0.15) is 0 Å². The molecule has 3 rings (SSSR count). The van der Waals surface area contributed by atoms with Crippen LogP contribution in [0, 0.1) is 6.92 Å². The van der Waals surface area contributed by atoms with Gasteiger partial charge in [-0.2, -0.15) is 0 Å². The molecule has 0 bridgehead atoms. The van der Waals surface area contributed by atoms with Crippen molar-refractivity contribution >= 4 is 33.3 Å². The lowest BCUT2D eigenvalue weighted by Gasteiger charge is -2.07. The highest BCUT2D eigenvalue weighted by Gasteiger charge is 2.19. The van der Waals surface area contributed by atoms with Crippen LogP contribution in [0.2, 0.25) is 5.02 Å². The molecular formula is C16H12BrClN2O. The quantitative estimate of drug-likeness (QED) is 0.671. The smallest absolute Gasteiger partial charge is 0.177 e. The van der Waals surface area contributed by atoms with Crippen LogP contribution in [0.25, 0.3) is 22.5 Å². The second-order valence-electron chi connectivity index (χ2n) is 4.69. The first-order chi connectivity index (χ1) is 10.1. The lowest BCUT2D eigenvalue weighted by atomic mass is 9.99. The van der Waals surface area contributed by atoms with Crippen molar-refractivity contribution in [3.63, 3.8) is 0 Å². The van der Waals surface area contributed by atoms with Crippen molar-refractivity contribution in [1.82, 2.24) is 5.16 Å². The SMILES string of the molecule is Cc1c(Br)cccc1-c1onc(N)c1-c1cccc(Cl)c1. The fourth-order valence-corrected chi connectivity index (χ4v) is 2.82. The lowest BCUT2D eigenvalue weighted by Crippen LogP contribution is -1.90. The topological polar surface area (TPSA) is 52.0 Å². The zero-order valence-corrected chi connectivity index (χ0v) is 13.6. The summed E-state index contributed by atoms with van der Waals surface area (Å²) in [5, 5.41) is 4.56. The van der Waals surface area contributed by atoms with Crippen LogP contribution in [0.15, 0.2) is 51.5 Å². The molecule has 0 atom stereocenters. The molecule has 0 unspecified atom stereocenters. The summed E-state index contributed by atoms with van der Waals surface area (Å²) >= 11 is 9.60. The van der Waals surface area contributed by atoms with Crippen molar-refractivity contribution in [1.29, 1.82) is 0 Å². The zero-order valence-electron chi connectivity index (χ0n) is 11.2. The first-order valence-corrected chi connectivity index (χ1v) is 7.51. The summed E-state index contributed by atoms with van der Waals surface area (Å²) in [4.78, 5) is 0. The minimum atomic E-state index is 0.353. The van der Waals surface area contributed by atoms with Crippen molar-refractivity contribution in [2.45, 2.75) is 6.92 Å². The number of nitrogens with two attached hydrogens (primary N) is 1. The van der Waals surface area contributed by atoms with Crippen molar-refractivity contribution in [3.05, 3.63) is 57.5 Å². The number of benzene rings is 2. The Kier molecular flexibility index (Phi) is 3.74. The largest absolute Gasteiger partial charge is 0.380 e. The van der Waals surface area contributed by atoms with E-state index in [1.165, 1.54) is 0 Å². The van der Waals surface area contributed by atoms with Gasteiger partial charge in [0.15, 0.2) is 11.6 Å². The number of anilines is 1. The van der Waals surface area contributed by atoms with Crippen molar-refractivity contribution in [2.75, 3.05) is 5.73 Å². The summed E-state index contributed by atoms with van der Waals surface area (Å²) in [6, 6.07) is 13.4. The maximum atomic E-state index is 6.07. The number of nitrogens with zero attached hydrogens (tertiary/aromatic N) is 1. The van der Waals surface area contributed by atoms with Crippen LogP contribution >= 0.6 is 27.5 Å². The van der Waals surface area contributed by atoms with E-state index in [1.807, 2.05) is 49.4 Å². The van der Waals surface area contributed by atoms with E-state index in [0.29, 0.717) is 16.6 Å². The van der Waals surface area contributed by atoms with Crippen LogP contribution in [0.1, 0.15) is 5.56 Å². The maximum Gasteiger partial charge on any atom is 0.177 e. The molecule has 2 aromatic carbocycles. The average molecular weight is 364 g/mol. The molecule has 0 radical (unpaired) electrons. The van der Waals surface area contributed by atoms with Gasteiger partial charge in [-0.15, -0.1) is 0 Å². The Labute approximate surface area is 135 Å². The molecule has 21 heavy (non-hydrogen) atoms. The molecule has 5 heteroatoms. The molecule has 0 fully saturated rings. The molecule has 0 saturated heterocycles. The number of hydrogen-bond donors (Lipinski definition) is 1. The Morgan fingerprint density at radius 1 is 1.19 bits per heavy atom. The van der Waals surface area contributed by atoms with Crippen molar-refractivity contribution < 1.29 is 4.52 Å². The van der Waals surface area contributed by atoms with Crippen molar-refractivity contribution in [2.24, 2.45) is 0 Å². The van der Waals surface area contributed by atoms with E-state index in [2.05, 4.69) is 21.1 Å². The monoisotopic (exact) mass is 362 g/mol. The van der Waals surface area contributed by atoms with Gasteiger partial charge >= 0.3 is 0 Å². The standard InChI is InChI=1S/C16H12BrClN2O/c1-9-12(6-3-7-13(9)17)15-14(16(19)20-21-15)10-4-2-5-11(18)8-10/h2-8H,1H3,(H2,19,20). The van der Waals surface area contributed by atoms with Gasteiger partial charge in [0.25, 0.3) is 0 Å². The summed E-state index contributed by atoms with van der Waals surface area (Å²) in [6.45, 7) is 2.01. The van der Waals surface area contributed by atoms with Crippen molar-refractivity contribution in [3.8, 4) is 22.5 Å². The van der Waals surface area contributed by atoms with E-state index in [0.717, 1.165) is 26.7 Å². The number of hydrogen-bond acceptors (Lipinski definition) is 3. The summed E-state index contributed by atoms with van der Waals surface area (Å²) in [5.74, 6) is 1.00. The molecule has 0 saturated carbocycles. The van der Waals surface area contributed by atoms with E-state index in [-0.39, 0.29) is 0 Å². The third-order valence-electron chi connectivity index (χ3n) is 3.34. The molecular weight excluding hydrogens is 352 g/mol. The number of halogens is 2. The summed E-state index contributed by atoms with van der Waals surface area (Å²) < 4.78 is 6.48. The number of aromatic nitrogens is 1. The summed E-state index contributed by atoms with van der Waals surface area (Å²) in [5.41, 5.74) is 9.65. The molecule has 0 aliphatic rings. The van der Waals surface area contributed by atoms with Gasteiger partial charge in [-0.3, -0.25) is 0 Å². The molecule has 3 nitrogen and oxygen atoms in total. The van der Waals surface area contributed by atoms with Crippen LogP contribution in [-0.2, 0) is 0 Å². The van der Waals surface area contributed by atoms with Crippen LogP contribution in [-0.4, -0.2) is 5.16 Å². The van der Waals surface area contributed by atoms with Crippen LogP contribution < -0.4 is 5.73 Å². The van der Waals surface area contributed by atoms with Gasteiger partial charge < -0.3 is 10.3 Å². The Morgan fingerprint density at radius 3 is 2.71 bits per heavy atom. The third-order valence-corrected chi connectivity index (χ3v) is 4.44. The summed E-state index contributed by atoms with van der Waals surface area (Å²) in [6.07, 6.45) is 0. The van der Waals surface area contributed by atoms with Gasteiger partial charge in [0.05, 0.1) is 5.56 Å². The highest BCUT2D eigenvalue weighted by Crippen LogP contribution is 2.39. The molecule has 1 heterocycles. The summed E-state index contributed by atoms with van der Waals surface area (Å²) in [7, 11) is 0. The predicted octanol–water partition coefficient (Wildman–Crippen LogP) is 5.32. The Balaban J connectivity index is 2.24. The second kappa shape index (κ2) is 5.54. The number of nitrogen functional groups attached to an aromatic ring is 1. The number of rotatable bonds is 2. The van der Waals surface area contributed by atoms with Gasteiger partial charge in [-0.05, 0) is 36.2 Å². The Morgan fingerprint density at radius 2 is 1.95 bits per heavy atom. The van der Waals surface area contributed by atoms with E-state index in [4.69, 9.17) is 21.9 Å². The van der Waals surface area contributed by atoms with Gasteiger partial charge in [0, 0.05) is 15.1 Å². The zero-order chi connectivity index (χ0) is 15.0. The molecule has 0 spiro atoms. The first kappa shape index (κ1) is 14.2. The van der Waals surface area contributed by atoms with Crippen LogP contribution in [0.5, 0.6) is 0 Å². The lowest BCUT2D eigenvalue weighted by molar-refractivity contribution is 0.436. The maximum absolute atomic E-state index is 6.07. The van der Waals surface area contributed by atoms with Gasteiger partial charge in [-0.25, -0.2) is 0 Å². The average Bonchev–Trinajstić information content (AvgIpc) is 2.83. The molecule has 106 valence electrons. The predicted molar refractivity (Wildman–Crippen MR) is 89.2 cm³/mol. The fourth-order valence-electron chi connectivity index (χ4n) is 2.26. The highest BCUT2D eigenvalue weighted by molar-refractivity contribution is 9.10. The molecule has 0 aliphatic heterocycles. The second-order valence-corrected chi connectivity index (χ2v) is 5.99. The fraction of sp³-hybridized carbons (Fsp3) is 0.0625. The van der Waals surface area contributed by atoms with E-state index in [9.17, 15) is 0 Å². The van der Waals surface area contributed by atoms with E-state index in [1.54, 1.807) is 0 Å². The molecule has 1 aromatic heterocycles. The molecule has 0 aliphatic carbocycles. The Hall–Kier alpha value is -1.78. The van der Waals surface area contributed by atoms with Crippen LogP contribution in [0.3, 0.4) is 0 Å². The van der Waals surface area contributed by atoms with Gasteiger partial charge in [0.2, 0.25) is 0 Å². The van der Waals surface area contributed by atoms with Crippen LogP contribution in [0.4, 0.5) is 5.82 Å². The molecule has 3 aromatic rings. The highest BCUT2D eigenvalue weighted by atomic mass is 79.9. The minimum absolute atomic E-state index is 0.353. The van der Waals surface area contributed by atoms with Gasteiger partial charge in [-0.1, -0.05) is 57.0 Å². The first-order valence-electron chi connectivity index (χ1n) is 6.34. The molecule has 0 amide bonds. The normalized spacial score (nSPS) is 10.8. The van der Waals surface area contributed by atoms with E-state index < -0.39 is 0 Å². The Bertz CT molecular complexity index is 814. The van der Waals surface area contributed by atoms with E-state index >= 15 is 0 Å². The third kappa shape index (κ3) is 2.57. The molecule has 2 N–H and O–H groups in total. The minimum Gasteiger partial charge on any atom is -0.380 e.